The van der Waals surface area contributed by atoms with E-state index in [1.165, 1.54) is 12.0 Å². The summed E-state index contributed by atoms with van der Waals surface area (Å²) >= 11 is 0. The Morgan fingerprint density at radius 3 is 2.42 bits per heavy atom. The number of hydrogen-bond acceptors (Lipinski definition) is 4. The van der Waals surface area contributed by atoms with Gasteiger partial charge >= 0.3 is 6.09 Å². The Kier molecular flexibility index (Phi) is 5.04. The molecule has 0 aromatic heterocycles. The predicted molar refractivity (Wildman–Crippen MR) is 91.9 cm³/mol. The van der Waals surface area contributed by atoms with Gasteiger partial charge in [0.2, 0.25) is 0 Å². The van der Waals surface area contributed by atoms with Crippen LogP contribution in [0.2, 0.25) is 0 Å². The highest BCUT2D eigenvalue weighted by Gasteiger charge is 2.57. The fourth-order valence-electron chi connectivity index (χ4n) is 3.26. The molecular formula is C19H27NO4. The van der Waals surface area contributed by atoms with E-state index < -0.39 is 17.2 Å². The first-order valence-electron chi connectivity index (χ1n) is 8.27. The first-order valence-corrected chi connectivity index (χ1v) is 8.27. The number of carbonyl (C=O) groups excluding carboxylic acids is 2. The van der Waals surface area contributed by atoms with E-state index in [4.69, 9.17) is 9.47 Å². The maximum atomic E-state index is 13.0. The van der Waals surface area contributed by atoms with Crippen molar-refractivity contribution in [2.45, 2.75) is 52.2 Å². The van der Waals surface area contributed by atoms with E-state index in [0.717, 1.165) is 5.56 Å². The van der Waals surface area contributed by atoms with Crippen molar-refractivity contribution in [3.05, 3.63) is 35.4 Å². The summed E-state index contributed by atoms with van der Waals surface area (Å²) in [5, 5.41) is 0. The van der Waals surface area contributed by atoms with Gasteiger partial charge in [0.25, 0.3) is 0 Å². The van der Waals surface area contributed by atoms with Crippen molar-refractivity contribution in [2.75, 3.05) is 13.8 Å². The number of carbonyl (C=O) groups is 2. The van der Waals surface area contributed by atoms with Crippen LogP contribution in [0.15, 0.2) is 24.3 Å². The molecule has 1 amide bonds. The van der Waals surface area contributed by atoms with Gasteiger partial charge in [-0.2, -0.15) is 0 Å². The van der Waals surface area contributed by atoms with Crippen molar-refractivity contribution in [1.29, 1.82) is 0 Å². The van der Waals surface area contributed by atoms with Crippen LogP contribution < -0.4 is 0 Å². The number of hydrogen-bond donors (Lipinski definition) is 0. The molecule has 0 bridgehead atoms. The number of ketones is 1. The normalized spacial score (nSPS) is 19.7. The molecule has 0 saturated heterocycles. The monoisotopic (exact) mass is 333 g/mol. The lowest BCUT2D eigenvalue weighted by Crippen LogP contribution is -2.62. The van der Waals surface area contributed by atoms with Gasteiger partial charge < -0.3 is 9.47 Å². The van der Waals surface area contributed by atoms with Crippen molar-refractivity contribution >= 4 is 11.9 Å². The zero-order chi connectivity index (χ0) is 18.1. The van der Waals surface area contributed by atoms with Crippen LogP contribution in [-0.4, -0.2) is 36.2 Å². The van der Waals surface area contributed by atoms with Gasteiger partial charge in [-0.25, -0.2) is 4.79 Å². The summed E-state index contributed by atoms with van der Waals surface area (Å²) in [6.45, 7) is 9.50. The lowest BCUT2D eigenvalue weighted by molar-refractivity contribution is -0.0476. The number of nitrogens with zero attached hydrogens (tertiary/aromatic N) is 1. The molecule has 0 N–H and O–H groups in total. The fourth-order valence-corrected chi connectivity index (χ4v) is 3.26. The molecule has 1 aromatic rings. The zero-order valence-corrected chi connectivity index (χ0v) is 15.4. The summed E-state index contributed by atoms with van der Waals surface area (Å²) in [6, 6.07) is 7.44. The lowest BCUT2D eigenvalue weighted by atomic mass is 9.64. The molecule has 132 valence electrons. The molecule has 1 aromatic carbocycles. The third kappa shape index (κ3) is 3.18. The highest BCUT2D eigenvalue weighted by molar-refractivity contribution is 6.14. The minimum Gasteiger partial charge on any atom is -0.444 e. The van der Waals surface area contributed by atoms with Crippen molar-refractivity contribution in [3.8, 4) is 0 Å². The average molecular weight is 333 g/mol. The van der Waals surface area contributed by atoms with Crippen molar-refractivity contribution in [1.82, 2.24) is 4.90 Å². The number of Topliss-reactive ketones (excluding diaryl/α,β-unsaturated/α-hetero) is 1. The fraction of sp³-hybridized carbons (Fsp3) is 0.579. The minimum atomic E-state index is -1.01. The third-order valence-corrected chi connectivity index (χ3v) is 4.03. The van der Waals surface area contributed by atoms with Gasteiger partial charge in [-0.05, 0) is 38.7 Å². The Hall–Kier alpha value is -1.88. The van der Waals surface area contributed by atoms with E-state index in [0.29, 0.717) is 12.0 Å². The Labute approximate surface area is 143 Å². The molecule has 0 unspecified atom stereocenters. The van der Waals surface area contributed by atoms with Crippen LogP contribution in [-0.2, 0) is 15.0 Å². The average Bonchev–Trinajstić information content (AvgIpc) is 2.48. The second kappa shape index (κ2) is 6.55. The Bertz CT molecular complexity index is 632. The van der Waals surface area contributed by atoms with Gasteiger partial charge in [0.1, 0.15) is 17.9 Å². The standard InChI is InChI=1S/C19H27NO4/c1-13(2)11-19(15-10-8-7-9-14(15)16(19)21)20(12-23-6)17(22)24-18(3,4)5/h7-10,13H,11-12H2,1-6H3/t19-/m1/s1. The van der Waals surface area contributed by atoms with Crippen LogP contribution >= 0.6 is 0 Å². The Morgan fingerprint density at radius 2 is 1.88 bits per heavy atom. The van der Waals surface area contributed by atoms with Gasteiger partial charge in [0.15, 0.2) is 5.78 Å². The second-order valence-electron chi connectivity index (χ2n) is 7.66. The van der Waals surface area contributed by atoms with Crippen molar-refractivity contribution < 1.29 is 19.1 Å². The van der Waals surface area contributed by atoms with E-state index in [1.807, 2.05) is 52.8 Å². The van der Waals surface area contributed by atoms with Crippen molar-refractivity contribution in [2.24, 2.45) is 5.92 Å². The SMILES string of the molecule is COCN(C(=O)OC(C)(C)C)[C@@]1(CC(C)C)C(=O)c2ccccc21. The first-order chi connectivity index (χ1) is 11.1. The molecule has 0 heterocycles. The van der Waals surface area contributed by atoms with Crippen LogP contribution in [0.3, 0.4) is 0 Å². The number of ether oxygens (including phenoxy) is 2. The topological polar surface area (TPSA) is 55.8 Å². The van der Waals surface area contributed by atoms with E-state index in [1.54, 1.807) is 6.07 Å². The maximum Gasteiger partial charge on any atom is 0.413 e. The molecule has 0 saturated carbocycles. The highest BCUT2D eigenvalue weighted by Crippen LogP contribution is 2.48. The van der Waals surface area contributed by atoms with Gasteiger partial charge in [-0.15, -0.1) is 0 Å². The van der Waals surface area contributed by atoms with Crippen LogP contribution in [0.1, 0.15) is 57.0 Å². The first kappa shape index (κ1) is 18.5. The molecule has 5 heteroatoms. The van der Waals surface area contributed by atoms with Gasteiger partial charge in [0, 0.05) is 12.7 Å². The van der Waals surface area contributed by atoms with E-state index in [9.17, 15) is 9.59 Å². The molecule has 5 nitrogen and oxygen atoms in total. The molecule has 24 heavy (non-hydrogen) atoms. The summed E-state index contributed by atoms with van der Waals surface area (Å²) in [7, 11) is 1.51. The van der Waals surface area contributed by atoms with Crippen LogP contribution in [0.5, 0.6) is 0 Å². The second-order valence-corrected chi connectivity index (χ2v) is 7.66. The molecule has 0 aliphatic heterocycles. The summed E-state index contributed by atoms with van der Waals surface area (Å²) in [4.78, 5) is 27.2. The third-order valence-electron chi connectivity index (χ3n) is 4.03. The van der Waals surface area contributed by atoms with E-state index in [2.05, 4.69) is 0 Å². The smallest absolute Gasteiger partial charge is 0.413 e. The van der Waals surface area contributed by atoms with E-state index in [-0.39, 0.29) is 18.4 Å². The number of benzene rings is 1. The molecular weight excluding hydrogens is 306 g/mol. The summed E-state index contributed by atoms with van der Waals surface area (Å²) in [5.74, 6) is 0.179. The summed E-state index contributed by atoms with van der Waals surface area (Å²) in [5.41, 5.74) is -0.119. The maximum absolute atomic E-state index is 13.0. The molecule has 0 spiro atoms. The highest BCUT2D eigenvalue weighted by atomic mass is 16.6. The van der Waals surface area contributed by atoms with E-state index >= 15 is 0 Å². The molecule has 1 atom stereocenters. The lowest BCUT2D eigenvalue weighted by Gasteiger charge is -2.49. The Balaban J connectivity index is 2.50. The largest absolute Gasteiger partial charge is 0.444 e. The Morgan fingerprint density at radius 1 is 1.25 bits per heavy atom. The predicted octanol–water partition coefficient (Wildman–Crippen LogP) is 3.97. The number of fused-ring (bicyclic) bond motifs is 1. The molecule has 0 radical (unpaired) electrons. The number of amides is 1. The molecule has 0 fully saturated rings. The number of rotatable bonds is 5. The number of methoxy groups -OCH3 is 1. The zero-order valence-electron chi connectivity index (χ0n) is 15.4. The van der Waals surface area contributed by atoms with Crippen LogP contribution in [0, 0.1) is 5.92 Å². The molecule has 1 aliphatic carbocycles. The van der Waals surface area contributed by atoms with Gasteiger partial charge in [-0.3, -0.25) is 9.69 Å². The molecule has 1 aliphatic rings. The van der Waals surface area contributed by atoms with Gasteiger partial charge in [0.05, 0.1) is 0 Å². The van der Waals surface area contributed by atoms with Crippen LogP contribution in [0.25, 0.3) is 0 Å². The van der Waals surface area contributed by atoms with Crippen molar-refractivity contribution in [3.63, 3.8) is 0 Å². The van der Waals surface area contributed by atoms with Gasteiger partial charge in [-0.1, -0.05) is 38.1 Å². The quantitative estimate of drug-likeness (QED) is 0.765. The summed E-state index contributed by atoms with van der Waals surface area (Å²) < 4.78 is 10.8. The van der Waals surface area contributed by atoms with Crippen LogP contribution in [0.4, 0.5) is 4.79 Å². The molecule has 2 rings (SSSR count). The summed E-state index contributed by atoms with van der Waals surface area (Å²) in [6.07, 6.45) is -0.00121. The minimum absolute atomic E-state index is 0.00169.